The SMILES string of the molecule is CCC(CC(=O)c1ccccc1)c1ccc(N(C)C)cc1. The molecule has 0 amide bonds. The van der Waals surface area contributed by atoms with Gasteiger partial charge in [-0.3, -0.25) is 4.79 Å². The van der Waals surface area contributed by atoms with Crippen LogP contribution in [0.3, 0.4) is 0 Å². The van der Waals surface area contributed by atoms with E-state index in [1.54, 1.807) is 0 Å². The Hall–Kier alpha value is -2.09. The number of carbonyl (C=O) groups is 1. The average Bonchev–Trinajstić information content (AvgIpc) is 2.53. The van der Waals surface area contributed by atoms with Crippen molar-refractivity contribution in [2.24, 2.45) is 0 Å². The Bertz CT molecular complexity index is 572. The number of anilines is 1. The molecule has 2 heteroatoms. The Morgan fingerprint density at radius 2 is 1.62 bits per heavy atom. The second kappa shape index (κ2) is 7.07. The molecule has 2 nitrogen and oxygen atoms in total. The van der Waals surface area contributed by atoms with E-state index < -0.39 is 0 Å². The first-order chi connectivity index (χ1) is 10.1. The molecule has 2 aromatic carbocycles. The van der Waals surface area contributed by atoms with E-state index in [2.05, 4.69) is 36.1 Å². The van der Waals surface area contributed by atoms with Gasteiger partial charge in [0.05, 0.1) is 0 Å². The third kappa shape index (κ3) is 3.94. The van der Waals surface area contributed by atoms with Gasteiger partial charge in [0.2, 0.25) is 0 Å². The van der Waals surface area contributed by atoms with Crippen LogP contribution >= 0.6 is 0 Å². The summed E-state index contributed by atoms with van der Waals surface area (Å²) in [5.74, 6) is 0.507. The van der Waals surface area contributed by atoms with E-state index in [-0.39, 0.29) is 11.7 Å². The largest absolute Gasteiger partial charge is 0.378 e. The lowest BCUT2D eigenvalue weighted by molar-refractivity contribution is 0.0973. The number of benzene rings is 2. The van der Waals surface area contributed by atoms with E-state index in [1.165, 1.54) is 11.3 Å². The minimum atomic E-state index is 0.221. The van der Waals surface area contributed by atoms with Crippen LogP contribution in [-0.2, 0) is 0 Å². The van der Waals surface area contributed by atoms with Crippen molar-refractivity contribution in [3.63, 3.8) is 0 Å². The van der Waals surface area contributed by atoms with Crippen LogP contribution in [0.5, 0.6) is 0 Å². The van der Waals surface area contributed by atoms with E-state index in [0.717, 1.165) is 12.0 Å². The Kier molecular flexibility index (Phi) is 5.15. The zero-order valence-corrected chi connectivity index (χ0v) is 13.0. The Labute approximate surface area is 127 Å². The molecule has 0 saturated carbocycles. The molecule has 0 saturated heterocycles. The molecule has 1 atom stereocenters. The van der Waals surface area contributed by atoms with Crippen LogP contribution in [0, 0.1) is 0 Å². The third-order valence-corrected chi connectivity index (χ3v) is 3.90. The molecule has 0 heterocycles. The molecule has 0 N–H and O–H groups in total. The van der Waals surface area contributed by atoms with Crippen LogP contribution in [0.1, 0.15) is 41.6 Å². The van der Waals surface area contributed by atoms with Gasteiger partial charge in [-0.2, -0.15) is 0 Å². The molecule has 21 heavy (non-hydrogen) atoms. The molecule has 0 spiro atoms. The molecular weight excluding hydrogens is 258 g/mol. The van der Waals surface area contributed by atoms with Crippen LogP contribution in [0.4, 0.5) is 5.69 Å². The highest BCUT2D eigenvalue weighted by molar-refractivity contribution is 5.96. The van der Waals surface area contributed by atoms with Crippen molar-refractivity contribution in [1.82, 2.24) is 0 Å². The number of hydrogen-bond acceptors (Lipinski definition) is 2. The van der Waals surface area contributed by atoms with Gasteiger partial charge in [-0.05, 0) is 30.0 Å². The number of hydrogen-bond donors (Lipinski definition) is 0. The fourth-order valence-corrected chi connectivity index (χ4v) is 2.51. The molecule has 0 bridgehead atoms. The average molecular weight is 281 g/mol. The van der Waals surface area contributed by atoms with Crippen LogP contribution in [0.15, 0.2) is 54.6 Å². The van der Waals surface area contributed by atoms with Crippen molar-refractivity contribution in [3.05, 3.63) is 65.7 Å². The second-order valence-electron chi connectivity index (χ2n) is 5.58. The zero-order valence-electron chi connectivity index (χ0n) is 13.0. The second-order valence-corrected chi connectivity index (χ2v) is 5.58. The predicted octanol–water partition coefficient (Wildman–Crippen LogP) is 4.52. The highest BCUT2D eigenvalue weighted by Crippen LogP contribution is 2.26. The Morgan fingerprint density at radius 1 is 1.00 bits per heavy atom. The molecule has 0 aliphatic heterocycles. The van der Waals surface area contributed by atoms with E-state index in [4.69, 9.17) is 0 Å². The zero-order chi connectivity index (χ0) is 15.2. The van der Waals surface area contributed by atoms with Gasteiger partial charge in [0.25, 0.3) is 0 Å². The van der Waals surface area contributed by atoms with E-state index in [0.29, 0.717) is 6.42 Å². The summed E-state index contributed by atoms with van der Waals surface area (Å²) in [6.07, 6.45) is 1.54. The predicted molar refractivity (Wildman–Crippen MR) is 89.2 cm³/mol. The maximum Gasteiger partial charge on any atom is 0.163 e. The van der Waals surface area contributed by atoms with Gasteiger partial charge in [0.15, 0.2) is 5.78 Å². The summed E-state index contributed by atoms with van der Waals surface area (Å²) in [5, 5.41) is 0. The van der Waals surface area contributed by atoms with E-state index >= 15 is 0 Å². The van der Waals surface area contributed by atoms with Crippen molar-refractivity contribution in [2.45, 2.75) is 25.7 Å². The van der Waals surface area contributed by atoms with Gasteiger partial charge in [-0.25, -0.2) is 0 Å². The molecular formula is C19H23NO. The number of Topliss-reactive ketones (excluding diaryl/α,β-unsaturated/α-hetero) is 1. The minimum absolute atomic E-state index is 0.221. The summed E-state index contributed by atoms with van der Waals surface area (Å²) in [5.41, 5.74) is 3.23. The smallest absolute Gasteiger partial charge is 0.163 e. The minimum Gasteiger partial charge on any atom is -0.378 e. The summed E-state index contributed by atoms with van der Waals surface area (Å²) >= 11 is 0. The molecule has 0 fully saturated rings. The maximum absolute atomic E-state index is 12.4. The lowest BCUT2D eigenvalue weighted by atomic mass is 9.89. The van der Waals surface area contributed by atoms with Gasteiger partial charge in [0.1, 0.15) is 0 Å². The Morgan fingerprint density at radius 3 is 2.14 bits per heavy atom. The summed E-state index contributed by atoms with van der Waals surface area (Å²) in [6.45, 7) is 2.14. The molecule has 110 valence electrons. The van der Waals surface area contributed by atoms with Crippen LogP contribution in [0.2, 0.25) is 0 Å². The van der Waals surface area contributed by atoms with Crippen LogP contribution in [-0.4, -0.2) is 19.9 Å². The van der Waals surface area contributed by atoms with Gasteiger partial charge in [-0.15, -0.1) is 0 Å². The fraction of sp³-hybridized carbons (Fsp3) is 0.316. The summed E-state index contributed by atoms with van der Waals surface area (Å²) in [4.78, 5) is 14.4. The third-order valence-electron chi connectivity index (χ3n) is 3.90. The molecule has 0 aliphatic rings. The first kappa shape index (κ1) is 15.3. The number of ketones is 1. The van der Waals surface area contributed by atoms with Gasteiger partial charge in [0, 0.05) is 31.8 Å². The lowest BCUT2D eigenvalue weighted by Crippen LogP contribution is -2.10. The molecule has 1 unspecified atom stereocenters. The van der Waals surface area contributed by atoms with Crippen molar-refractivity contribution in [1.29, 1.82) is 0 Å². The van der Waals surface area contributed by atoms with Gasteiger partial charge < -0.3 is 4.90 Å². The Balaban J connectivity index is 2.11. The number of carbonyl (C=O) groups excluding carboxylic acids is 1. The molecule has 2 rings (SSSR count). The summed E-state index contributed by atoms with van der Waals surface area (Å²) in [6, 6.07) is 18.1. The van der Waals surface area contributed by atoms with Crippen LogP contribution in [0.25, 0.3) is 0 Å². The molecule has 2 aromatic rings. The molecule has 0 radical (unpaired) electrons. The van der Waals surface area contributed by atoms with Crippen molar-refractivity contribution < 1.29 is 4.79 Å². The topological polar surface area (TPSA) is 20.3 Å². The van der Waals surface area contributed by atoms with E-state index in [9.17, 15) is 4.79 Å². The van der Waals surface area contributed by atoms with Crippen molar-refractivity contribution in [3.8, 4) is 0 Å². The molecule has 0 aromatic heterocycles. The van der Waals surface area contributed by atoms with Crippen molar-refractivity contribution >= 4 is 11.5 Å². The highest BCUT2D eigenvalue weighted by Gasteiger charge is 2.15. The maximum atomic E-state index is 12.4. The normalized spacial score (nSPS) is 12.0. The number of rotatable bonds is 6. The van der Waals surface area contributed by atoms with Crippen LogP contribution < -0.4 is 4.90 Å². The number of nitrogens with zero attached hydrogens (tertiary/aromatic N) is 1. The monoisotopic (exact) mass is 281 g/mol. The standard InChI is InChI=1S/C19H23NO/c1-4-15(14-19(21)17-8-6-5-7-9-17)16-10-12-18(13-11-16)20(2)3/h5-13,15H,4,14H2,1-3H3. The summed E-state index contributed by atoms with van der Waals surface area (Å²) in [7, 11) is 4.07. The van der Waals surface area contributed by atoms with Gasteiger partial charge in [-0.1, -0.05) is 49.4 Å². The quantitative estimate of drug-likeness (QED) is 0.726. The lowest BCUT2D eigenvalue weighted by Gasteiger charge is -2.17. The summed E-state index contributed by atoms with van der Waals surface area (Å²) < 4.78 is 0. The van der Waals surface area contributed by atoms with Crippen molar-refractivity contribution in [2.75, 3.05) is 19.0 Å². The molecule has 0 aliphatic carbocycles. The van der Waals surface area contributed by atoms with E-state index in [1.807, 2.05) is 44.4 Å². The van der Waals surface area contributed by atoms with Gasteiger partial charge >= 0.3 is 0 Å². The first-order valence-corrected chi connectivity index (χ1v) is 7.47. The fourth-order valence-electron chi connectivity index (χ4n) is 2.51. The first-order valence-electron chi connectivity index (χ1n) is 7.47. The highest BCUT2D eigenvalue weighted by atomic mass is 16.1.